The van der Waals surface area contributed by atoms with Gasteiger partial charge in [0.05, 0.1) is 5.75 Å². The normalized spacial score (nSPS) is 10.6. The van der Waals surface area contributed by atoms with Gasteiger partial charge in [0.15, 0.2) is 0 Å². The van der Waals surface area contributed by atoms with Crippen LogP contribution in [0.3, 0.4) is 0 Å². The zero-order chi connectivity index (χ0) is 15.2. The van der Waals surface area contributed by atoms with Gasteiger partial charge in [0.1, 0.15) is 11.6 Å². The maximum absolute atomic E-state index is 13.1. The third-order valence-corrected chi connectivity index (χ3v) is 3.74. The number of amides is 1. The first-order chi connectivity index (χ1) is 10.1. The number of nitrogens with zero attached hydrogens (tertiary/aromatic N) is 2. The van der Waals surface area contributed by atoms with E-state index >= 15 is 0 Å². The fraction of sp³-hybridized carbons (Fsp3) is 0.357. The largest absolute Gasteiger partial charge is 0.351 e. The van der Waals surface area contributed by atoms with E-state index in [0.717, 1.165) is 17.8 Å². The Balaban J connectivity index is 1.77. The quantitative estimate of drug-likeness (QED) is 0.803. The molecule has 0 atom stereocenters. The van der Waals surface area contributed by atoms with Crippen molar-refractivity contribution in [3.8, 4) is 0 Å². The number of carbonyl (C=O) groups excluding carboxylic acids is 1. The molecule has 0 saturated heterocycles. The summed E-state index contributed by atoms with van der Waals surface area (Å²) in [7, 11) is 0. The fourth-order valence-electron chi connectivity index (χ4n) is 1.70. The van der Waals surface area contributed by atoms with Crippen molar-refractivity contribution in [3.63, 3.8) is 0 Å². The number of hydrogen-bond acceptors (Lipinski definition) is 4. The SMILES string of the molecule is CCc1nc(SCC(=O)NCc2ccc(F)c(C)c2)n[nH]1. The molecule has 0 saturated carbocycles. The zero-order valence-corrected chi connectivity index (χ0v) is 12.8. The van der Waals surface area contributed by atoms with Crippen LogP contribution >= 0.6 is 11.8 Å². The predicted molar refractivity (Wildman–Crippen MR) is 79.5 cm³/mol. The van der Waals surface area contributed by atoms with E-state index in [1.54, 1.807) is 19.1 Å². The van der Waals surface area contributed by atoms with Crippen molar-refractivity contribution in [2.75, 3.05) is 5.75 Å². The highest BCUT2D eigenvalue weighted by molar-refractivity contribution is 7.99. The lowest BCUT2D eigenvalue weighted by Crippen LogP contribution is -2.24. The van der Waals surface area contributed by atoms with Crippen LogP contribution in [-0.2, 0) is 17.8 Å². The monoisotopic (exact) mass is 308 g/mol. The van der Waals surface area contributed by atoms with Crippen LogP contribution in [0.1, 0.15) is 23.9 Å². The summed E-state index contributed by atoms with van der Waals surface area (Å²) >= 11 is 1.28. The summed E-state index contributed by atoms with van der Waals surface area (Å²) in [5, 5.41) is 10.2. The molecule has 7 heteroatoms. The molecule has 5 nitrogen and oxygen atoms in total. The lowest BCUT2D eigenvalue weighted by atomic mass is 10.1. The van der Waals surface area contributed by atoms with E-state index < -0.39 is 0 Å². The van der Waals surface area contributed by atoms with E-state index in [0.29, 0.717) is 17.3 Å². The van der Waals surface area contributed by atoms with E-state index in [-0.39, 0.29) is 17.5 Å². The highest BCUT2D eigenvalue weighted by Gasteiger charge is 2.07. The number of nitrogens with one attached hydrogen (secondary N) is 2. The lowest BCUT2D eigenvalue weighted by Gasteiger charge is -2.05. The van der Waals surface area contributed by atoms with Gasteiger partial charge < -0.3 is 5.32 Å². The van der Waals surface area contributed by atoms with Gasteiger partial charge in [-0.25, -0.2) is 9.37 Å². The molecular formula is C14H17FN4OS. The average Bonchev–Trinajstić information content (AvgIpc) is 2.94. The second kappa shape index (κ2) is 7.21. The molecule has 1 aromatic carbocycles. The molecule has 0 radical (unpaired) electrons. The molecule has 0 spiro atoms. The Bertz CT molecular complexity index is 629. The number of benzene rings is 1. The van der Waals surface area contributed by atoms with E-state index in [2.05, 4.69) is 20.5 Å². The standard InChI is InChI=1S/C14H17FN4OS/c1-3-12-17-14(19-18-12)21-8-13(20)16-7-10-4-5-11(15)9(2)6-10/h4-6H,3,7-8H2,1-2H3,(H,16,20)(H,17,18,19). The molecule has 0 aliphatic rings. The second-order valence-corrected chi connectivity index (χ2v) is 5.51. The number of aryl methyl sites for hydroxylation is 2. The third kappa shape index (κ3) is 4.56. The van der Waals surface area contributed by atoms with Crippen LogP contribution in [0.4, 0.5) is 4.39 Å². The van der Waals surface area contributed by atoms with Crippen molar-refractivity contribution in [1.29, 1.82) is 0 Å². The third-order valence-electron chi connectivity index (χ3n) is 2.89. The molecule has 2 rings (SSSR count). The highest BCUT2D eigenvalue weighted by Crippen LogP contribution is 2.12. The first-order valence-corrected chi connectivity index (χ1v) is 7.63. The number of rotatable bonds is 6. The van der Waals surface area contributed by atoms with Crippen molar-refractivity contribution < 1.29 is 9.18 Å². The first kappa shape index (κ1) is 15.5. The van der Waals surface area contributed by atoms with Gasteiger partial charge in [-0.05, 0) is 24.1 Å². The van der Waals surface area contributed by atoms with Crippen LogP contribution in [0.2, 0.25) is 0 Å². The summed E-state index contributed by atoms with van der Waals surface area (Å²) in [6.45, 7) is 4.06. The van der Waals surface area contributed by atoms with Crippen LogP contribution in [0.5, 0.6) is 0 Å². The predicted octanol–water partition coefficient (Wildman–Crippen LogP) is 2.22. The van der Waals surface area contributed by atoms with Gasteiger partial charge in [-0.15, -0.1) is 5.10 Å². The number of H-pyrrole nitrogens is 1. The first-order valence-electron chi connectivity index (χ1n) is 6.64. The maximum Gasteiger partial charge on any atom is 0.230 e. The summed E-state index contributed by atoms with van der Waals surface area (Å²) in [5.41, 5.74) is 1.45. The van der Waals surface area contributed by atoms with E-state index in [1.807, 2.05) is 6.92 Å². The molecule has 2 N–H and O–H groups in total. The number of aromatic nitrogens is 3. The number of aromatic amines is 1. The molecule has 0 fully saturated rings. The van der Waals surface area contributed by atoms with E-state index in [9.17, 15) is 9.18 Å². The summed E-state index contributed by atoms with van der Waals surface area (Å²) in [6.07, 6.45) is 0.781. The smallest absolute Gasteiger partial charge is 0.230 e. The molecule has 2 aromatic rings. The molecule has 0 unspecified atom stereocenters. The highest BCUT2D eigenvalue weighted by atomic mass is 32.2. The number of hydrogen-bond donors (Lipinski definition) is 2. The minimum absolute atomic E-state index is 0.107. The van der Waals surface area contributed by atoms with E-state index in [4.69, 9.17) is 0 Å². The van der Waals surface area contributed by atoms with Gasteiger partial charge >= 0.3 is 0 Å². The fourth-order valence-corrected chi connectivity index (χ4v) is 2.35. The number of halogens is 1. The molecule has 0 bridgehead atoms. The van der Waals surface area contributed by atoms with Crippen molar-refractivity contribution in [3.05, 3.63) is 41.0 Å². The Hall–Kier alpha value is -1.89. The summed E-state index contributed by atoms with van der Waals surface area (Å²) in [6, 6.07) is 4.80. The van der Waals surface area contributed by atoms with Crippen LogP contribution in [0.15, 0.2) is 23.4 Å². The van der Waals surface area contributed by atoms with Crippen molar-refractivity contribution in [1.82, 2.24) is 20.5 Å². The Morgan fingerprint density at radius 2 is 2.29 bits per heavy atom. The van der Waals surface area contributed by atoms with Crippen molar-refractivity contribution in [2.45, 2.75) is 32.0 Å². The minimum atomic E-state index is -0.239. The maximum atomic E-state index is 13.1. The van der Waals surface area contributed by atoms with Crippen LogP contribution < -0.4 is 5.32 Å². The molecule has 21 heavy (non-hydrogen) atoms. The van der Waals surface area contributed by atoms with Crippen LogP contribution in [0.25, 0.3) is 0 Å². The molecule has 1 amide bonds. The van der Waals surface area contributed by atoms with Gasteiger partial charge in [0, 0.05) is 13.0 Å². The van der Waals surface area contributed by atoms with Gasteiger partial charge in [0.2, 0.25) is 11.1 Å². The molecule has 1 aromatic heterocycles. The van der Waals surface area contributed by atoms with Crippen LogP contribution in [0, 0.1) is 12.7 Å². The Morgan fingerprint density at radius 1 is 1.48 bits per heavy atom. The minimum Gasteiger partial charge on any atom is -0.351 e. The molecular weight excluding hydrogens is 291 g/mol. The van der Waals surface area contributed by atoms with Crippen molar-refractivity contribution >= 4 is 17.7 Å². The zero-order valence-electron chi connectivity index (χ0n) is 11.9. The van der Waals surface area contributed by atoms with Gasteiger partial charge in [-0.3, -0.25) is 9.89 Å². The van der Waals surface area contributed by atoms with Crippen LogP contribution in [-0.4, -0.2) is 26.8 Å². The average molecular weight is 308 g/mol. The van der Waals surface area contributed by atoms with Gasteiger partial charge in [0.25, 0.3) is 0 Å². The van der Waals surface area contributed by atoms with E-state index in [1.165, 1.54) is 17.8 Å². The topological polar surface area (TPSA) is 70.7 Å². The van der Waals surface area contributed by atoms with Gasteiger partial charge in [-0.1, -0.05) is 30.8 Å². The summed E-state index contributed by atoms with van der Waals surface area (Å²) in [4.78, 5) is 16.0. The molecule has 1 heterocycles. The van der Waals surface area contributed by atoms with Crippen molar-refractivity contribution in [2.24, 2.45) is 0 Å². The second-order valence-electron chi connectivity index (χ2n) is 4.57. The summed E-state index contributed by atoms with van der Waals surface area (Å²) < 4.78 is 13.1. The Morgan fingerprint density at radius 3 is 2.95 bits per heavy atom. The van der Waals surface area contributed by atoms with Gasteiger partial charge in [-0.2, -0.15) is 0 Å². The molecule has 0 aliphatic carbocycles. The number of thioether (sulfide) groups is 1. The molecule has 0 aliphatic heterocycles. The molecule has 112 valence electrons. The Kier molecular flexibility index (Phi) is 5.32. The lowest BCUT2D eigenvalue weighted by molar-refractivity contribution is -0.118. The number of carbonyl (C=O) groups is 1. The Labute approximate surface area is 126 Å². The summed E-state index contributed by atoms with van der Waals surface area (Å²) in [5.74, 6) is 0.711.